The Morgan fingerprint density at radius 3 is 2.41 bits per heavy atom. The summed E-state index contributed by atoms with van der Waals surface area (Å²) in [6.07, 6.45) is 0.613. The van der Waals surface area contributed by atoms with E-state index in [0.717, 1.165) is 38.6 Å². The Morgan fingerprint density at radius 2 is 1.69 bits per heavy atom. The molecule has 1 unspecified atom stereocenters. The maximum absolute atomic E-state index is 13.5. The van der Waals surface area contributed by atoms with Gasteiger partial charge in [0.25, 0.3) is 11.8 Å². The largest absolute Gasteiger partial charge is 0.394 e. The number of amides is 2. The number of benzene rings is 4. The molecule has 0 saturated carbocycles. The monoisotopic (exact) mass is 533 g/mol. The fourth-order valence-corrected chi connectivity index (χ4v) is 5.50. The van der Waals surface area contributed by atoms with Gasteiger partial charge in [0.2, 0.25) is 0 Å². The third kappa shape index (κ3) is 6.07. The second-order valence-corrected chi connectivity index (χ2v) is 10.8. The predicted octanol–water partition coefficient (Wildman–Crippen LogP) is 6.36. The van der Waals surface area contributed by atoms with Crippen LogP contribution in [0.3, 0.4) is 0 Å². The zero-order chi connectivity index (χ0) is 27.4. The van der Waals surface area contributed by atoms with Crippen LogP contribution in [0.25, 0.3) is 16.3 Å². The lowest BCUT2D eigenvalue weighted by molar-refractivity contribution is 0.0705. The second-order valence-electron chi connectivity index (χ2n) is 9.83. The number of thioether (sulfide) groups is 1. The Morgan fingerprint density at radius 1 is 1.00 bits per heavy atom. The van der Waals surface area contributed by atoms with E-state index in [9.17, 15) is 9.59 Å². The average molecular weight is 534 g/mol. The van der Waals surface area contributed by atoms with E-state index in [-0.39, 0.29) is 17.9 Å². The molecule has 1 heterocycles. The summed E-state index contributed by atoms with van der Waals surface area (Å²) < 4.78 is 0. The summed E-state index contributed by atoms with van der Waals surface area (Å²) >= 11 is 1.37. The first-order valence-corrected chi connectivity index (χ1v) is 13.8. The number of allylic oxidation sites excluding steroid dienone is 1. The van der Waals surface area contributed by atoms with Gasteiger partial charge in [-0.15, -0.1) is 0 Å². The Labute approximate surface area is 233 Å². The molecule has 6 heteroatoms. The van der Waals surface area contributed by atoms with Crippen molar-refractivity contribution in [2.45, 2.75) is 25.9 Å². The molecule has 0 radical (unpaired) electrons. The number of nitrogens with zero attached hydrogens (tertiary/aromatic N) is 1. The van der Waals surface area contributed by atoms with Crippen LogP contribution in [-0.2, 0) is 13.0 Å². The number of hydrogen-bond acceptors (Lipinski definition) is 4. The Kier molecular flexibility index (Phi) is 7.84. The van der Waals surface area contributed by atoms with E-state index in [2.05, 4.69) is 18.0 Å². The molecule has 2 amide bonds. The third-order valence-electron chi connectivity index (χ3n) is 6.96. The molecule has 0 aliphatic carbocycles. The molecule has 5 nitrogen and oxygen atoms in total. The number of rotatable bonds is 9. The molecule has 0 spiro atoms. The predicted molar refractivity (Wildman–Crippen MR) is 161 cm³/mol. The molecule has 1 atom stereocenters. The Hall–Kier alpha value is -4.29. The van der Waals surface area contributed by atoms with Crippen LogP contribution in [-0.4, -0.2) is 29.3 Å². The van der Waals surface area contributed by atoms with Crippen LogP contribution in [0.2, 0.25) is 0 Å². The van der Waals surface area contributed by atoms with E-state index in [1.165, 1.54) is 11.8 Å². The smallest absolute Gasteiger partial charge is 0.254 e. The van der Waals surface area contributed by atoms with Crippen LogP contribution in [0, 0.1) is 0 Å². The van der Waals surface area contributed by atoms with Gasteiger partial charge in [0.05, 0.1) is 11.1 Å². The van der Waals surface area contributed by atoms with E-state index >= 15 is 0 Å². The van der Waals surface area contributed by atoms with E-state index in [4.69, 9.17) is 5.73 Å². The zero-order valence-electron chi connectivity index (χ0n) is 21.9. The first kappa shape index (κ1) is 26.3. The van der Waals surface area contributed by atoms with E-state index in [0.29, 0.717) is 30.1 Å². The molecule has 3 N–H and O–H groups in total. The van der Waals surface area contributed by atoms with Crippen LogP contribution < -0.4 is 11.1 Å². The van der Waals surface area contributed by atoms with Gasteiger partial charge < -0.3 is 16.0 Å². The molecule has 1 aliphatic rings. The van der Waals surface area contributed by atoms with Crippen molar-refractivity contribution in [3.63, 3.8) is 0 Å². The van der Waals surface area contributed by atoms with Gasteiger partial charge in [-0.05, 0) is 70.0 Å². The lowest BCUT2D eigenvalue weighted by Gasteiger charge is -2.32. The van der Waals surface area contributed by atoms with E-state index in [1.807, 2.05) is 102 Å². The summed E-state index contributed by atoms with van der Waals surface area (Å²) in [5.74, 6) is -0.169. The highest BCUT2D eigenvalue weighted by atomic mass is 32.2. The first-order valence-electron chi connectivity index (χ1n) is 12.9. The van der Waals surface area contributed by atoms with Gasteiger partial charge in [-0.1, -0.05) is 91.1 Å². The van der Waals surface area contributed by atoms with Gasteiger partial charge in [-0.25, -0.2) is 0 Å². The third-order valence-corrected chi connectivity index (χ3v) is 7.73. The summed E-state index contributed by atoms with van der Waals surface area (Å²) in [7, 11) is 0. The van der Waals surface area contributed by atoms with Gasteiger partial charge in [0, 0.05) is 24.2 Å². The minimum Gasteiger partial charge on any atom is -0.394 e. The fraction of sp³-hybridized carbons (Fsp3) is 0.152. The van der Waals surface area contributed by atoms with Gasteiger partial charge >= 0.3 is 0 Å². The molecule has 0 saturated heterocycles. The quantitative estimate of drug-likeness (QED) is 0.263. The van der Waals surface area contributed by atoms with Crippen molar-refractivity contribution in [2.75, 3.05) is 6.54 Å². The Bertz CT molecular complexity index is 1560. The highest BCUT2D eigenvalue weighted by Crippen LogP contribution is 2.30. The van der Waals surface area contributed by atoms with E-state index in [1.54, 1.807) is 0 Å². The van der Waals surface area contributed by atoms with Crippen molar-refractivity contribution in [3.8, 4) is 0 Å². The summed E-state index contributed by atoms with van der Waals surface area (Å²) in [6, 6.07) is 29.3. The van der Waals surface area contributed by atoms with Gasteiger partial charge in [-0.2, -0.15) is 0 Å². The minimum absolute atomic E-state index is 0.00347. The molecule has 196 valence electrons. The van der Waals surface area contributed by atoms with E-state index < -0.39 is 0 Å². The highest BCUT2D eigenvalue weighted by Gasteiger charge is 2.28. The maximum atomic E-state index is 13.5. The molecular formula is C33H31N3O2S. The summed E-state index contributed by atoms with van der Waals surface area (Å²) in [5.41, 5.74) is 11.2. The summed E-state index contributed by atoms with van der Waals surface area (Å²) in [5, 5.41) is 7.79. The minimum atomic E-state index is -0.262. The summed E-state index contributed by atoms with van der Waals surface area (Å²) in [6.45, 7) is 6.62. The SMILES string of the molecule is C=C(N)S/C=C(\C)c1ccc(C(=O)NC(Cc2ccccc2)CN2Cc3cccc4cccc(c34)C2=O)cc1. The molecule has 1 aliphatic heterocycles. The van der Waals surface area contributed by atoms with Crippen LogP contribution in [0.15, 0.2) is 108 Å². The van der Waals surface area contributed by atoms with Crippen molar-refractivity contribution >= 4 is 39.9 Å². The van der Waals surface area contributed by atoms with Crippen molar-refractivity contribution in [2.24, 2.45) is 5.73 Å². The lowest BCUT2D eigenvalue weighted by atomic mass is 9.94. The second kappa shape index (κ2) is 11.6. The number of nitrogens with one attached hydrogen (secondary N) is 1. The fourth-order valence-electron chi connectivity index (χ4n) is 5.04. The van der Waals surface area contributed by atoms with Gasteiger partial charge in [0.1, 0.15) is 0 Å². The standard InChI is InChI=1S/C33H31N3O2S/c1-22(21-39-23(2)34)25-14-16-27(17-15-25)32(37)35-29(18-24-8-4-3-5-9-24)20-36-19-28-12-6-10-26-11-7-13-30(31(26)28)33(36)38/h3-17,21,29H,2,18-20,34H2,1H3,(H,35,37)/b22-21+. The lowest BCUT2D eigenvalue weighted by Crippen LogP contribution is -2.47. The zero-order valence-corrected chi connectivity index (χ0v) is 22.7. The van der Waals surface area contributed by atoms with Gasteiger partial charge in [0.15, 0.2) is 0 Å². The number of nitrogens with two attached hydrogens (primary N) is 1. The molecule has 0 bridgehead atoms. The normalized spacial score (nSPS) is 13.8. The van der Waals surface area contributed by atoms with Crippen LogP contribution in [0.1, 0.15) is 44.3 Å². The molecule has 4 aromatic carbocycles. The average Bonchev–Trinajstić information content (AvgIpc) is 2.95. The molecule has 4 aromatic rings. The number of carbonyl (C=O) groups excluding carboxylic acids is 2. The number of hydrogen-bond donors (Lipinski definition) is 2. The molecule has 39 heavy (non-hydrogen) atoms. The van der Waals surface area contributed by atoms with Crippen LogP contribution in [0.5, 0.6) is 0 Å². The van der Waals surface area contributed by atoms with Crippen molar-refractivity contribution < 1.29 is 9.59 Å². The Balaban J connectivity index is 1.35. The van der Waals surface area contributed by atoms with Crippen molar-refractivity contribution in [1.82, 2.24) is 10.2 Å². The topological polar surface area (TPSA) is 75.4 Å². The van der Waals surface area contributed by atoms with Crippen molar-refractivity contribution in [1.29, 1.82) is 0 Å². The molecule has 0 fully saturated rings. The number of carbonyl (C=O) groups is 2. The van der Waals surface area contributed by atoms with Crippen molar-refractivity contribution in [3.05, 3.63) is 136 Å². The first-order chi connectivity index (χ1) is 18.9. The maximum Gasteiger partial charge on any atom is 0.254 e. The van der Waals surface area contributed by atoms with Crippen LogP contribution >= 0.6 is 11.8 Å². The van der Waals surface area contributed by atoms with Gasteiger partial charge in [-0.3, -0.25) is 9.59 Å². The molecule has 5 rings (SSSR count). The highest BCUT2D eigenvalue weighted by molar-refractivity contribution is 8.05. The van der Waals surface area contributed by atoms with Crippen LogP contribution in [0.4, 0.5) is 0 Å². The summed E-state index contributed by atoms with van der Waals surface area (Å²) in [4.78, 5) is 28.7. The molecule has 0 aromatic heterocycles. The molecular weight excluding hydrogens is 502 g/mol.